The SMILES string of the molecule is Nc1nc(CC2CCCCO2)nc(C2CC2)c1Br. The molecule has 2 fully saturated rings. The van der Waals surface area contributed by atoms with Crippen LogP contribution in [0, 0.1) is 0 Å². The average molecular weight is 312 g/mol. The molecule has 98 valence electrons. The number of nitrogen functional groups attached to an aromatic ring is 1. The smallest absolute Gasteiger partial charge is 0.141 e. The van der Waals surface area contributed by atoms with Crippen LogP contribution in [0.2, 0.25) is 0 Å². The van der Waals surface area contributed by atoms with Gasteiger partial charge in [-0.15, -0.1) is 0 Å². The van der Waals surface area contributed by atoms with Crippen molar-refractivity contribution in [3.8, 4) is 0 Å². The molecule has 1 unspecified atom stereocenters. The van der Waals surface area contributed by atoms with Crippen LogP contribution >= 0.6 is 15.9 Å². The Kier molecular flexibility index (Phi) is 3.52. The normalized spacial score (nSPS) is 24.2. The fourth-order valence-electron chi connectivity index (χ4n) is 2.42. The van der Waals surface area contributed by atoms with Gasteiger partial charge < -0.3 is 10.5 Å². The number of nitrogens with zero attached hydrogens (tertiary/aromatic N) is 2. The van der Waals surface area contributed by atoms with Gasteiger partial charge in [0, 0.05) is 18.9 Å². The lowest BCUT2D eigenvalue weighted by Crippen LogP contribution is -2.23. The molecule has 1 aromatic rings. The van der Waals surface area contributed by atoms with E-state index in [0.717, 1.165) is 35.4 Å². The number of aromatic nitrogens is 2. The van der Waals surface area contributed by atoms with Crippen LogP contribution < -0.4 is 5.73 Å². The zero-order chi connectivity index (χ0) is 12.5. The van der Waals surface area contributed by atoms with Gasteiger partial charge in [-0.05, 0) is 48.0 Å². The summed E-state index contributed by atoms with van der Waals surface area (Å²) in [7, 11) is 0. The molecule has 2 heterocycles. The molecule has 2 N–H and O–H groups in total. The topological polar surface area (TPSA) is 61.0 Å². The van der Waals surface area contributed by atoms with Gasteiger partial charge in [-0.25, -0.2) is 9.97 Å². The molecule has 0 radical (unpaired) electrons. The highest BCUT2D eigenvalue weighted by Gasteiger charge is 2.29. The highest BCUT2D eigenvalue weighted by Crippen LogP contribution is 2.43. The van der Waals surface area contributed by atoms with Crippen molar-refractivity contribution in [1.82, 2.24) is 9.97 Å². The number of nitrogens with two attached hydrogens (primary N) is 1. The van der Waals surface area contributed by atoms with Gasteiger partial charge in [-0.3, -0.25) is 0 Å². The second kappa shape index (κ2) is 5.13. The summed E-state index contributed by atoms with van der Waals surface area (Å²) in [5.41, 5.74) is 7.04. The molecule has 1 aromatic heterocycles. The number of hydrogen-bond acceptors (Lipinski definition) is 4. The lowest BCUT2D eigenvalue weighted by molar-refractivity contribution is 0.0156. The first-order valence-electron chi connectivity index (χ1n) is 6.67. The largest absolute Gasteiger partial charge is 0.383 e. The van der Waals surface area contributed by atoms with E-state index in [9.17, 15) is 0 Å². The van der Waals surface area contributed by atoms with E-state index in [0.29, 0.717) is 11.7 Å². The van der Waals surface area contributed by atoms with Crippen molar-refractivity contribution in [1.29, 1.82) is 0 Å². The van der Waals surface area contributed by atoms with Crippen molar-refractivity contribution in [3.63, 3.8) is 0 Å². The molecular weight excluding hydrogens is 294 g/mol. The minimum absolute atomic E-state index is 0.270. The predicted molar refractivity (Wildman–Crippen MR) is 73.4 cm³/mol. The Bertz CT molecular complexity index is 442. The maximum atomic E-state index is 5.95. The van der Waals surface area contributed by atoms with E-state index in [4.69, 9.17) is 10.5 Å². The van der Waals surface area contributed by atoms with Crippen LogP contribution in [-0.4, -0.2) is 22.7 Å². The fourth-order valence-corrected chi connectivity index (χ4v) is 2.92. The highest BCUT2D eigenvalue weighted by atomic mass is 79.9. The first-order chi connectivity index (χ1) is 8.74. The van der Waals surface area contributed by atoms with E-state index in [-0.39, 0.29) is 6.10 Å². The van der Waals surface area contributed by atoms with Crippen molar-refractivity contribution in [3.05, 3.63) is 16.0 Å². The van der Waals surface area contributed by atoms with E-state index < -0.39 is 0 Å². The molecule has 0 aromatic carbocycles. The maximum absolute atomic E-state index is 5.95. The van der Waals surface area contributed by atoms with Crippen molar-refractivity contribution in [2.45, 2.75) is 50.5 Å². The molecule has 1 saturated heterocycles. The number of anilines is 1. The van der Waals surface area contributed by atoms with Crippen LogP contribution in [0.5, 0.6) is 0 Å². The Morgan fingerprint density at radius 1 is 1.22 bits per heavy atom. The predicted octanol–water partition coefficient (Wildman–Crippen LogP) is 2.81. The first kappa shape index (κ1) is 12.4. The molecule has 0 bridgehead atoms. The molecule has 18 heavy (non-hydrogen) atoms. The molecule has 1 aliphatic carbocycles. The summed E-state index contributed by atoms with van der Waals surface area (Å²) in [5.74, 6) is 1.98. The zero-order valence-corrected chi connectivity index (χ0v) is 11.9. The Hall–Kier alpha value is -0.680. The molecule has 1 aliphatic heterocycles. The molecular formula is C13H18BrN3O. The van der Waals surface area contributed by atoms with Gasteiger partial charge >= 0.3 is 0 Å². The van der Waals surface area contributed by atoms with E-state index in [2.05, 4.69) is 25.9 Å². The molecule has 2 aliphatic rings. The zero-order valence-electron chi connectivity index (χ0n) is 10.4. The van der Waals surface area contributed by atoms with Crippen molar-refractivity contribution in [2.24, 2.45) is 0 Å². The van der Waals surface area contributed by atoms with Crippen molar-refractivity contribution in [2.75, 3.05) is 12.3 Å². The van der Waals surface area contributed by atoms with E-state index in [1.54, 1.807) is 0 Å². The third kappa shape index (κ3) is 2.67. The molecule has 3 rings (SSSR count). The monoisotopic (exact) mass is 311 g/mol. The molecule has 1 saturated carbocycles. The molecule has 0 amide bonds. The number of ether oxygens (including phenoxy) is 1. The van der Waals surface area contributed by atoms with E-state index in [1.807, 2.05) is 0 Å². The van der Waals surface area contributed by atoms with Crippen LogP contribution in [0.4, 0.5) is 5.82 Å². The van der Waals surface area contributed by atoms with E-state index >= 15 is 0 Å². The van der Waals surface area contributed by atoms with Gasteiger partial charge in [-0.1, -0.05) is 0 Å². The summed E-state index contributed by atoms with van der Waals surface area (Å²) in [6.45, 7) is 0.867. The average Bonchev–Trinajstić information content (AvgIpc) is 3.19. The van der Waals surface area contributed by atoms with Gasteiger partial charge in [0.05, 0.1) is 16.3 Å². The molecule has 0 spiro atoms. The second-order valence-electron chi connectivity index (χ2n) is 5.19. The standard InChI is InChI=1S/C13H18BrN3O/c14-11-12(8-4-5-8)16-10(17-13(11)15)7-9-3-1-2-6-18-9/h8-9H,1-7H2,(H2,15,16,17). The van der Waals surface area contributed by atoms with Gasteiger partial charge in [0.1, 0.15) is 11.6 Å². The third-order valence-electron chi connectivity index (χ3n) is 3.60. The van der Waals surface area contributed by atoms with E-state index in [1.165, 1.54) is 25.7 Å². The summed E-state index contributed by atoms with van der Waals surface area (Å²) >= 11 is 3.50. The van der Waals surface area contributed by atoms with Gasteiger partial charge in [0.25, 0.3) is 0 Å². The summed E-state index contributed by atoms with van der Waals surface area (Å²) < 4.78 is 6.62. The third-order valence-corrected chi connectivity index (χ3v) is 4.41. The summed E-state index contributed by atoms with van der Waals surface area (Å²) in [5, 5.41) is 0. The minimum atomic E-state index is 0.270. The van der Waals surface area contributed by atoms with Crippen LogP contribution in [0.3, 0.4) is 0 Å². The summed E-state index contributed by atoms with van der Waals surface area (Å²) in [6.07, 6.45) is 7.02. The van der Waals surface area contributed by atoms with Gasteiger partial charge in [0.15, 0.2) is 0 Å². The van der Waals surface area contributed by atoms with Crippen LogP contribution in [0.25, 0.3) is 0 Å². The van der Waals surface area contributed by atoms with Crippen LogP contribution in [0.15, 0.2) is 4.47 Å². The fraction of sp³-hybridized carbons (Fsp3) is 0.692. The quantitative estimate of drug-likeness (QED) is 0.932. The lowest BCUT2D eigenvalue weighted by Gasteiger charge is -2.22. The highest BCUT2D eigenvalue weighted by molar-refractivity contribution is 9.10. The molecule has 1 atom stereocenters. The Morgan fingerprint density at radius 2 is 2.06 bits per heavy atom. The first-order valence-corrected chi connectivity index (χ1v) is 7.46. The second-order valence-corrected chi connectivity index (χ2v) is 5.98. The number of hydrogen-bond donors (Lipinski definition) is 1. The summed E-state index contributed by atoms with van der Waals surface area (Å²) in [6, 6.07) is 0. The Labute approximate surface area is 115 Å². The number of rotatable bonds is 3. The van der Waals surface area contributed by atoms with Gasteiger partial charge in [-0.2, -0.15) is 0 Å². The molecule has 5 heteroatoms. The minimum Gasteiger partial charge on any atom is -0.383 e. The Balaban J connectivity index is 1.78. The van der Waals surface area contributed by atoms with Gasteiger partial charge in [0.2, 0.25) is 0 Å². The van der Waals surface area contributed by atoms with Crippen LogP contribution in [0.1, 0.15) is 49.5 Å². The van der Waals surface area contributed by atoms with Crippen molar-refractivity contribution >= 4 is 21.7 Å². The number of halogens is 1. The lowest BCUT2D eigenvalue weighted by atomic mass is 10.1. The molecule has 4 nitrogen and oxygen atoms in total. The van der Waals surface area contributed by atoms with Crippen molar-refractivity contribution < 1.29 is 4.74 Å². The maximum Gasteiger partial charge on any atom is 0.141 e. The summed E-state index contributed by atoms with van der Waals surface area (Å²) in [4.78, 5) is 9.05. The van der Waals surface area contributed by atoms with Crippen LogP contribution in [-0.2, 0) is 11.2 Å². The Morgan fingerprint density at radius 3 is 2.72 bits per heavy atom.